The molecule has 1 aliphatic rings. The van der Waals surface area contributed by atoms with Crippen molar-refractivity contribution in [2.24, 2.45) is 0 Å². The number of rotatable bonds is 4. The predicted octanol–water partition coefficient (Wildman–Crippen LogP) is 1.54. The molecule has 0 bridgehead atoms. The Morgan fingerprint density at radius 1 is 1.33 bits per heavy atom. The highest BCUT2D eigenvalue weighted by atomic mass is 16.5. The fraction of sp³-hybridized carbons (Fsp3) is 0.400. The van der Waals surface area contributed by atoms with E-state index in [9.17, 15) is 14.4 Å². The van der Waals surface area contributed by atoms with Gasteiger partial charge in [-0.1, -0.05) is 12.1 Å². The monoisotopic (exact) mass is 291 g/mol. The number of carboxylic acid groups (broad SMARTS) is 1. The minimum Gasteiger partial charge on any atom is -0.480 e. The number of ether oxygens (including phenoxy) is 1. The third-order valence-corrected chi connectivity index (χ3v) is 3.72. The minimum atomic E-state index is -1.01. The van der Waals surface area contributed by atoms with Gasteiger partial charge < -0.3 is 9.84 Å². The lowest BCUT2D eigenvalue weighted by Gasteiger charge is -2.22. The molecule has 0 aromatic heterocycles. The van der Waals surface area contributed by atoms with Crippen molar-refractivity contribution in [2.45, 2.75) is 31.7 Å². The van der Waals surface area contributed by atoms with Crippen molar-refractivity contribution in [3.63, 3.8) is 0 Å². The normalized spacial score (nSPS) is 19.4. The maximum absolute atomic E-state index is 11.9. The van der Waals surface area contributed by atoms with E-state index in [1.807, 2.05) is 0 Å². The SMILES string of the molecule is COC(=O)C(C)c1ccc(N2C(=O)CCC2C(=O)O)cc1. The van der Waals surface area contributed by atoms with Gasteiger partial charge in [0.2, 0.25) is 5.91 Å². The Morgan fingerprint density at radius 3 is 2.48 bits per heavy atom. The number of hydrogen-bond acceptors (Lipinski definition) is 4. The lowest BCUT2D eigenvalue weighted by atomic mass is 10.0. The van der Waals surface area contributed by atoms with Gasteiger partial charge in [-0.2, -0.15) is 0 Å². The number of carboxylic acids is 1. The van der Waals surface area contributed by atoms with Gasteiger partial charge in [-0.3, -0.25) is 14.5 Å². The number of benzene rings is 1. The first kappa shape index (κ1) is 15.0. The fourth-order valence-electron chi connectivity index (χ4n) is 2.48. The molecule has 2 unspecified atom stereocenters. The molecule has 2 rings (SSSR count). The molecule has 1 N–H and O–H groups in total. The molecule has 1 heterocycles. The number of hydrogen-bond donors (Lipinski definition) is 1. The van der Waals surface area contributed by atoms with Crippen molar-refractivity contribution in [2.75, 3.05) is 12.0 Å². The van der Waals surface area contributed by atoms with Crippen LogP contribution in [0.25, 0.3) is 0 Å². The number of carbonyl (C=O) groups is 3. The van der Waals surface area contributed by atoms with E-state index < -0.39 is 17.9 Å². The molecule has 21 heavy (non-hydrogen) atoms. The average Bonchev–Trinajstić information content (AvgIpc) is 2.87. The van der Waals surface area contributed by atoms with E-state index in [0.717, 1.165) is 5.56 Å². The Kier molecular flexibility index (Phi) is 4.26. The highest BCUT2D eigenvalue weighted by Gasteiger charge is 2.37. The molecule has 1 fully saturated rings. The van der Waals surface area contributed by atoms with Gasteiger partial charge in [0.1, 0.15) is 6.04 Å². The van der Waals surface area contributed by atoms with Crippen LogP contribution in [0.5, 0.6) is 0 Å². The third kappa shape index (κ3) is 2.89. The predicted molar refractivity (Wildman–Crippen MR) is 75.0 cm³/mol. The zero-order valence-corrected chi connectivity index (χ0v) is 11.9. The number of anilines is 1. The lowest BCUT2D eigenvalue weighted by Crippen LogP contribution is -2.38. The zero-order valence-electron chi connectivity index (χ0n) is 11.9. The number of aliphatic carboxylic acids is 1. The molecule has 1 aromatic carbocycles. The topological polar surface area (TPSA) is 83.9 Å². The Bertz CT molecular complexity index is 566. The molecule has 1 aliphatic heterocycles. The molecule has 0 aliphatic carbocycles. The largest absolute Gasteiger partial charge is 0.480 e. The summed E-state index contributed by atoms with van der Waals surface area (Å²) in [5.74, 6) is -1.96. The molecular formula is C15H17NO5. The van der Waals surface area contributed by atoms with Gasteiger partial charge in [0.05, 0.1) is 13.0 Å². The molecule has 2 atom stereocenters. The molecule has 1 aromatic rings. The zero-order chi connectivity index (χ0) is 15.6. The van der Waals surface area contributed by atoms with Crippen LogP contribution in [0.4, 0.5) is 5.69 Å². The summed E-state index contributed by atoms with van der Waals surface area (Å²) in [7, 11) is 1.33. The van der Waals surface area contributed by atoms with Crippen LogP contribution in [0.1, 0.15) is 31.2 Å². The summed E-state index contributed by atoms with van der Waals surface area (Å²) < 4.78 is 4.68. The number of methoxy groups -OCH3 is 1. The summed E-state index contributed by atoms with van der Waals surface area (Å²) in [6.07, 6.45) is 0.547. The van der Waals surface area contributed by atoms with E-state index in [1.165, 1.54) is 12.0 Å². The summed E-state index contributed by atoms with van der Waals surface area (Å²) >= 11 is 0. The second-order valence-electron chi connectivity index (χ2n) is 4.99. The van der Waals surface area contributed by atoms with E-state index >= 15 is 0 Å². The molecule has 6 heteroatoms. The Labute approximate surface area is 122 Å². The highest BCUT2D eigenvalue weighted by Crippen LogP contribution is 2.28. The van der Waals surface area contributed by atoms with E-state index in [0.29, 0.717) is 12.1 Å². The minimum absolute atomic E-state index is 0.198. The van der Waals surface area contributed by atoms with Crippen LogP contribution in [0.2, 0.25) is 0 Å². The van der Waals surface area contributed by atoms with Gasteiger partial charge in [0.25, 0.3) is 0 Å². The van der Waals surface area contributed by atoms with Crippen LogP contribution < -0.4 is 4.90 Å². The third-order valence-electron chi connectivity index (χ3n) is 3.72. The summed E-state index contributed by atoms with van der Waals surface area (Å²) in [6.45, 7) is 1.72. The van der Waals surface area contributed by atoms with Crippen molar-refractivity contribution >= 4 is 23.5 Å². The summed E-state index contributed by atoms with van der Waals surface area (Å²) in [5.41, 5.74) is 1.29. The molecule has 1 saturated heterocycles. The number of nitrogens with zero attached hydrogens (tertiary/aromatic N) is 1. The Hall–Kier alpha value is -2.37. The van der Waals surface area contributed by atoms with Crippen LogP contribution in [0.15, 0.2) is 24.3 Å². The molecule has 112 valence electrons. The van der Waals surface area contributed by atoms with Gasteiger partial charge in [-0.05, 0) is 31.0 Å². The summed E-state index contributed by atoms with van der Waals surface area (Å²) in [4.78, 5) is 35.8. The van der Waals surface area contributed by atoms with Gasteiger partial charge in [0, 0.05) is 12.1 Å². The van der Waals surface area contributed by atoms with E-state index in [2.05, 4.69) is 4.74 Å². The first-order valence-electron chi connectivity index (χ1n) is 6.68. The van der Waals surface area contributed by atoms with Crippen LogP contribution in [-0.2, 0) is 19.1 Å². The van der Waals surface area contributed by atoms with Crippen molar-refractivity contribution in [1.82, 2.24) is 0 Å². The molecule has 1 amide bonds. The van der Waals surface area contributed by atoms with E-state index in [1.54, 1.807) is 31.2 Å². The molecule has 6 nitrogen and oxygen atoms in total. The fourth-order valence-corrected chi connectivity index (χ4v) is 2.48. The maximum atomic E-state index is 11.9. The van der Waals surface area contributed by atoms with Crippen LogP contribution in [0.3, 0.4) is 0 Å². The summed E-state index contributed by atoms with van der Waals surface area (Å²) in [6, 6.07) is 5.92. The van der Waals surface area contributed by atoms with Gasteiger partial charge in [-0.15, -0.1) is 0 Å². The number of esters is 1. The smallest absolute Gasteiger partial charge is 0.326 e. The van der Waals surface area contributed by atoms with Gasteiger partial charge in [0.15, 0.2) is 0 Å². The molecular weight excluding hydrogens is 274 g/mol. The maximum Gasteiger partial charge on any atom is 0.326 e. The first-order chi connectivity index (χ1) is 9.95. The van der Waals surface area contributed by atoms with Crippen LogP contribution >= 0.6 is 0 Å². The van der Waals surface area contributed by atoms with Crippen molar-refractivity contribution < 1.29 is 24.2 Å². The van der Waals surface area contributed by atoms with Gasteiger partial charge >= 0.3 is 11.9 Å². The standard InChI is InChI=1S/C15H17NO5/c1-9(15(20)21-2)10-3-5-11(6-4-10)16-12(14(18)19)7-8-13(16)17/h3-6,9,12H,7-8H2,1-2H3,(H,18,19). The molecule has 0 radical (unpaired) electrons. The molecule has 0 saturated carbocycles. The first-order valence-corrected chi connectivity index (χ1v) is 6.68. The van der Waals surface area contributed by atoms with Crippen LogP contribution in [-0.4, -0.2) is 36.1 Å². The van der Waals surface area contributed by atoms with Gasteiger partial charge in [-0.25, -0.2) is 4.79 Å². The van der Waals surface area contributed by atoms with Crippen molar-refractivity contribution in [3.8, 4) is 0 Å². The number of amides is 1. The van der Waals surface area contributed by atoms with E-state index in [4.69, 9.17) is 5.11 Å². The highest BCUT2D eigenvalue weighted by molar-refractivity contribution is 6.02. The van der Waals surface area contributed by atoms with Crippen molar-refractivity contribution in [1.29, 1.82) is 0 Å². The molecule has 0 spiro atoms. The number of carbonyl (C=O) groups excluding carboxylic acids is 2. The second kappa shape index (κ2) is 5.95. The van der Waals surface area contributed by atoms with E-state index in [-0.39, 0.29) is 18.3 Å². The average molecular weight is 291 g/mol. The quantitative estimate of drug-likeness (QED) is 0.851. The van der Waals surface area contributed by atoms with Crippen molar-refractivity contribution in [3.05, 3.63) is 29.8 Å². The second-order valence-corrected chi connectivity index (χ2v) is 4.99. The lowest BCUT2D eigenvalue weighted by molar-refractivity contribution is -0.142. The van der Waals surface area contributed by atoms with Crippen LogP contribution in [0, 0.1) is 0 Å². The Morgan fingerprint density at radius 2 is 1.95 bits per heavy atom. The summed E-state index contributed by atoms with van der Waals surface area (Å²) in [5, 5.41) is 9.16. The Balaban J connectivity index is 2.24.